The molecule has 1 unspecified atom stereocenters. The highest BCUT2D eigenvalue weighted by molar-refractivity contribution is 8.18. The molecule has 2 aromatic rings. The molecule has 150 valence electrons. The van der Waals surface area contributed by atoms with Crippen LogP contribution in [0.1, 0.15) is 12.5 Å². The van der Waals surface area contributed by atoms with E-state index in [-0.39, 0.29) is 5.91 Å². The Morgan fingerprint density at radius 3 is 2.76 bits per heavy atom. The first kappa shape index (κ1) is 20.8. The number of amidine groups is 1. The van der Waals surface area contributed by atoms with Gasteiger partial charge in [-0.1, -0.05) is 23.7 Å². The second-order valence-corrected chi connectivity index (χ2v) is 7.44. The van der Waals surface area contributed by atoms with E-state index in [9.17, 15) is 9.59 Å². The number of hydrogen-bond donors (Lipinski definition) is 2. The van der Waals surface area contributed by atoms with Crippen molar-refractivity contribution in [3.8, 4) is 11.5 Å². The standard InChI is InChI=1S/C20H17ClN2O5S/c1-11(19(25)26)28-15-7-6-12(8-16(15)27-2)9-17-18(24)23-20(29-17)22-14-5-3-4-13(21)10-14/h3-11H,1-2H3,(H,25,26)(H,22,23,24)/b17-9+. The van der Waals surface area contributed by atoms with Crippen molar-refractivity contribution in [2.45, 2.75) is 13.0 Å². The van der Waals surface area contributed by atoms with E-state index in [4.69, 9.17) is 26.2 Å². The summed E-state index contributed by atoms with van der Waals surface area (Å²) in [6.45, 7) is 1.43. The van der Waals surface area contributed by atoms with Gasteiger partial charge in [0.1, 0.15) is 0 Å². The highest BCUT2D eigenvalue weighted by atomic mass is 35.5. The lowest BCUT2D eigenvalue weighted by Crippen LogP contribution is -2.23. The first-order chi connectivity index (χ1) is 13.9. The molecule has 2 aromatic carbocycles. The van der Waals surface area contributed by atoms with Crippen LogP contribution in [0.3, 0.4) is 0 Å². The summed E-state index contributed by atoms with van der Waals surface area (Å²) < 4.78 is 10.7. The highest BCUT2D eigenvalue weighted by Crippen LogP contribution is 2.33. The summed E-state index contributed by atoms with van der Waals surface area (Å²) in [6.07, 6.45) is 0.669. The minimum atomic E-state index is -1.08. The summed E-state index contributed by atoms with van der Waals surface area (Å²) >= 11 is 7.16. The Bertz CT molecular complexity index is 1020. The molecule has 29 heavy (non-hydrogen) atoms. The number of halogens is 1. The summed E-state index contributed by atoms with van der Waals surface area (Å²) in [5.41, 5.74) is 1.33. The third-order valence-corrected chi connectivity index (χ3v) is 4.97. The molecule has 2 N–H and O–H groups in total. The molecule has 0 bridgehead atoms. The number of carboxylic acid groups (broad SMARTS) is 1. The van der Waals surface area contributed by atoms with Crippen molar-refractivity contribution in [3.05, 3.63) is 58.0 Å². The third-order valence-electron chi connectivity index (χ3n) is 3.83. The normalized spacial score (nSPS) is 17.3. The molecule has 1 aliphatic rings. The third kappa shape index (κ3) is 5.30. The van der Waals surface area contributed by atoms with Crippen molar-refractivity contribution in [2.75, 3.05) is 7.11 Å². The minimum absolute atomic E-state index is 0.269. The zero-order chi connectivity index (χ0) is 21.0. The number of benzene rings is 2. The van der Waals surface area contributed by atoms with Gasteiger partial charge in [0.2, 0.25) is 0 Å². The molecular weight excluding hydrogens is 416 g/mol. The monoisotopic (exact) mass is 432 g/mol. The van der Waals surface area contributed by atoms with Crippen LogP contribution in [0.2, 0.25) is 5.02 Å². The molecule has 0 saturated carbocycles. The van der Waals surface area contributed by atoms with Crippen LogP contribution in [0.25, 0.3) is 6.08 Å². The predicted molar refractivity (Wildman–Crippen MR) is 113 cm³/mol. The lowest BCUT2D eigenvalue weighted by molar-refractivity contribution is -0.144. The zero-order valence-electron chi connectivity index (χ0n) is 15.5. The van der Waals surface area contributed by atoms with Crippen molar-refractivity contribution in [1.82, 2.24) is 5.32 Å². The van der Waals surface area contributed by atoms with Gasteiger partial charge in [-0.3, -0.25) is 4.79 Å². The summed E-state index contributed by atoms with van der Waals surface area (Å²) in [5.74, 6) is -0.682. The van der Waals surface area contributed by atoms with Crippen molar-refractivity contribution < 1.29 is 24.2 Å². The van der Waals surface area contributed by atoms with Gasteiger partial charge in [0, 0.05) is 5.02 Å². The van der Waals surface area contributed by atoms with E-state index in [2.05, 4.69) is 10.3 Å². The van der Waals surface area contributed by atoms with Gasteiger partial charge in [0.15, 0.2) is 22.8 Å². The molecule has 1 fully saturated rings. The average molecular weight is 433 g/mol. The molecule has 9 heteroatoms. The highest BCUT2D eigenvalue weighted by Gasteiger charge is 2.24. The second kappa shape index (κ2) is 9.02. The van der Waals surface area contributed by atoms with Crippen molar-refractivity contribution >= 4 is 52.2 Å². The molecular formula is C20H17ClN2O5S. The predicted octanol–water partition coefficient (Wildman–Crippen LogP) is 4.09. The van der Waals surface area contributed by atoms with E-state index < -0.39 is 12.1 Å². The Kier molecular flexibility index (Phi) is 6.46. The smallest absolute Gasteiger partial charge is 0.344 e. The Balaban J connectivity index is 1.80. The van der Waals surface area contributed by atoms with Crippen molar-refractivity contribution in [2.24, 2.45) is 4.99 Å². The Morgan fingerprint density at radius 1 is 1.28 bits per heavy atom. The number of thioether (sulfide) groups is 1. The number of nitrogens with one attached hydrogen (secondary N) is 1. The summed E-state index contributed by atoms with van der Waals surface area (Å²) in [7, 11) is 1.46. The second-order valence-electron chi connectivity index (χ2n) is 5.97. The van der Waals surface area contributed by atoms with Crippen LogP contribution < -0.4 is 14.8 Å². The number of carbonyl (C=O) groups is 2. The fourth-order valence-corrected chi connectivity index (χ4v) is 3.43. The molecule has 1 amide bonds. The number of carboxylic acids is 1. The zero-order valence-corrected chi connectivity index (χ0v) is 17.1. The minimum Gasteiger partial charge on any atom is -0.493 e. The summed E-state index contributed by atoms with van der Waals surface area (Å²) in [5, 5.41) is 12.7. The quantitative estimate of drug-likeness (QED) is 0.667. The number of carbonyl (C=O) groups excluding carboxylic acids is 1. The van der Waals surface area contributed by atoms with E-state index >= 15 is 0 Å². The van der Waals surface area contributed by atoms with Gasteiger partial charge in [-0.2, -0.15) is 0 Å². The van der Waals surface area contributed by atoms with Gasteiger partial charge >= 0.3 is 5.97 Å². The molecule has 7 nitrogen and oxygen atoms in total. The number of nitrogens with zero attached hydrogens (tertiary/aromatic N) is 1. The molecule has 0 aliphatic carbocycles. The number of rotatable bonds is 6. The lowest BCUT2D eigenvalue weighted by atomic mass is 10.2. The van der Waals surface area contributed by atoms with Gasteiger partial charge in [-0.05, 0) is 60.7 Å². The van der Waals surface area contributed by atoms with Gasteiger partial charge in [-0.25, -0.2) is 9.79 Å². The van der Waals surface area contributed by atoms with E-state index in [1.807, 2.05) is 0 Å². The Hall–Kier alpha value is -2.97. The fourth-order valence-electron chi connectivity index (χ4n) is 2.41. The number of aliphatic imine (C=N–C) groups is 1. The number of methoxy groups -OCH3 is 1. The Morgan fingerprint density at radius 2 is 2.07 bits per heavy atom. The van der Waals surface area contributed by atoms with E-state index in [0.29, 0.717) is 37.8 Å². The molecule has 1 aliphatic heterocycles. The SMILES string of the molecule is COc1cc(/C=C2/SC(=Nc3cccc(Cl)c3)NC2=O)ccc1OC(C)C(=O)O. The van der Waals surface area contributed by atoms with Crippen LogP contribution in [-0.2, 0) is 9.59 Å². The largest absolute Gasteiger partial charge is 0.493 e. The fraction of sp³-hybridized carbons (Fsp3) is 0.150. The number of ether oxygens (including phenoxy) is 2. The van der Waals surface area contributed by atoms with Crippen LogP contribution in [0.4, 0.5) is 5.69 Å². The maximum atomic E-state index is 12.3. The van der Waals surface area contributed by atoms with Crippen LogP contribution in [0, 0.1) is 0 Å². The van der Waals surface area contributed by atoms with Crippen LogP contribution >= 0.6 is 23.4 Å². The lowest BCUT2D eigenvalue weighted by Gasteiger charge is -2.14. The average Bonchev–Trinajstić information content (AvgIpc) is 3.01. The van der Waals surface area contributed by atoms with Crippen LogP contribution in [0.15, 0.2) is 52.4 Å². The van der Waals surface area contributed by atoms with Crippen LogP contribution in [-0.4, -0.2) is 35.4 Å². The molecule has 1 atom stereocenters. The van der Waals surface area contributed by atoms with E-state index in [0.717, 1.165) is 0 Å². The van der Waals surface area contributed by atoms with Gasteiger partial charge in [-0.15, -0.1) is 0 Å². The number of hydrogen-bond acceptors (Lipinski definition) is 6. The number of aliphatic carboxylic acids is 1. The van der Waals surface area contributed by atoms with Gasteiger partial charge < -0.3 is 19.9 Å². The molecule has 0 spiro atoms. The summed E-state index contributed by atoms with van der Waals surface area (Å²) in [6, 6.07) is 12.0. The maximum Gasteiger partial charge on any atom is 0.344 e. The Labute approximate surface area is 176 Å². The molecule has 1 saturated heterocycles. The molecule has 0 aromatic heterocycles. The van der Waals surface area contributed by atoms with E-state index in [1.54, 1.807) is 48.5 Å². The van der Waals surface area contributed by atoms with E-state index in [1.165, 1.54) is 25.8 Å². The maximum absolute atomic E-state index is 12.3. The molecule has 0 radical (unpaired) electrons. The van der Waals surface area contributed by atoms with Gasteiger partial charge in [0.05, 0.1) is 17.7 Å². The summed E-state index contributed by atoms with van der Waals surface area (Å²) in [4.78, 5) is 28.1. The molecule has 1 heterocycles. The first-order valence-corrected chi connectivity index (χ1v) is 9.68. The van der Waals surface area contributed by atoms with Crippen LogP contribution in [0.5, 0.6) is 11.5 Å². The topological polar surface area (TPSA) is 97.2 Å². The van der Waals surface area contributed by atoms with Crippen molar-refractivity contribution in [3.63, 3.8) is 0 Å². The molecule has 3 rings (SSSR count). The first-order valence-electron chi connectivity index (χ1n) is 8.48. The van der Waals surface area contributed by atoms with Crippen molar-refractivity contribution in [1.29, 1.82) is 0 Å². The number of amides is 1. The van der Waals surface area contributed by atoms with Gasteiger partial charge in [0.25, 0.3) is 5.91 Å².